The van der Waals surface area contributed by atoms with E-state index in [4.69, 9.17) is 0 Å². The summed E-state index contributed by atoms with van der Waals surface area (Å²) >= 11 is 0. The Morgan fingerprint density at radius 2 is 0.640 bits per heavy atom. The summed E-state index contributed by atoms with van der Waals surface area (Å²) in [6.45, 7) is 0. The number of nitrogens with zero attached hydrogens (tertiary/aromatic N) is 3. The van der Waals surface area contributed by atoms with E-state index in [2.05, 4.69) is 34.9 Å². The number of rotatable bonds is 6. The van der Waals surface area contributed by atoms with Crippen molar-refractivity contribution in [3.05, 3.63) is 126 Å². The van der Waals surface area contributed by atoms with Gasteiger partial charge in [0.25, 0.3) is 0 Å². The number of carbonyl (C=O) groups is 6. The third-order valence-electron chi connectivity index (χ3n) is 4.39. The Kier molecular flexibility index (Phi) is 27.9. The Balaban J connectivity index is -0.000000269. The molecule has 267 valence electrons. The van der Waals surface area contributed by atoms with E-state index in [1.165, 1.54) is 18.2 Å². The third-order valence-corrected chi connectivity index (χ3v) is 4.39. The number of nitrogens with one attached hydrogen (secondary N) is 4. The predicted octanol–water partition coefficient (Wildman–Crippen LogP) is -9.39. The van der Waals surface area contributed by atoms with Crippen LogP contribution in [0.1, 0.15) is 62.9 Å². The molecule has 0 saturated heterocycles. The molecule has 5 aromatic rings. The van der Waals surface area contributed by atoms with Gasteiger partial charge in [0.2, 0.25) is 12.7 Å². The van der Waals surface area contributed by atoms with Gasteiger partial charge in [-0.25, -0.2) is 15.0 Å². The molecule has 5 heterocycles. The van der Waals surface area contributed by atoms with E-state index in [-0.39, 0.29) is 46.4 Å². The molecule has 1 radical (unpaired) electrons. The Hall–Kier alpha value is -6.42. The standard InChI is InChI=1S/3C7H5NO4.2C3H4N2.Np.3H2O/c3*9-6(10)4-2-1-3-5(8-4)7(11)12;2*1-2-5-3-4-1;;;;/h3*1-3H,(H,9,10)(H,11,12);2*1-3H,(H,4,5);;3*1H2/p-4. The van der Waals surface area contributed by atoms with Crippen molar-refractivity contribution in [2.24, 2.45) is 0 Å². The molecule has 0 saturated carbocycles. The van der Waals surface area contributed by atoms with Crippen LogP contribution in [0.25, 0.3) is 0 Å². The summed E-state index contributed by atoms with van der Waals surface area (Å²) in [6, 6.07) is 10.6. The fourth-order valence-corrected chi connectivity index (χ4v) is 2.47. The maximum Gasteiger partial charge on any atom is 0.239 e. The number of aromatic nitrogens is 7. The number of aromatic amines is 4. The van der Waals surface area contributed by atoms with Gasteiger partial charge in [-0.1, -0.05) is 18.2 Å². The van der Waals surface area contributed by atoms with Gasteiger partial charge in [0.15, 0.2) is 0 Å². The number of carboxylic acid groups (broad SMARTS) is 6. The van der Waals surface area contributed by atoms with Crippen LogP contribution in [0.15, 0.2) is 92.0 Å². The quantitative estimate of drug-likeness (QED) is 0.160. The molecule has 50 heavy (non-hydrogen) atoms. The SMILES string of the molecule is O.O.O.O=C([O-])c1cccc(C(=O)[O-])n1.O=C([O-])c1cccc(C(=O)[O-])n1.O=C([O-])c1cccc(C(=O)[O-])n1.[Np].c1c[nH+]c[nH]1.c1c[nH+]c[nH]1. The zero-order valence-electron chi connectivity index (χ0n) is 24.8. The van der Waals surface area contributed by atoms with Crippen molar-refractivity contribution < 1.29 is 116 Å². The Morgan fingerprint density at radius 1 is 0.440 bits per heavy atom. The molecule has 0 aromatic carbocycles. The first-order chi connectivity index (χ1) is 21.8. The number of imidazole rings is 2. The molecule has 23 heteroatoms. The van der Waals surface area contributed by atoms with Crippen molar-refractivity contribution in [2.75, 3.05) is 0 Å². The molecule has 5 aromatic heterocycles. The number of H-pyrrole nitrogens is 4. The average molecular weight is 925 g/mol. The van der Waals surface area contributed by atoms with Gasteiger partial charge in [-0.15, -0.1) is 0 Å². The summed E-state index contributed by atoms with van der Waals surface area (Å²) in [6.07, 6.45) is 10.8. The summed E-state index contributed by atoms with van der Waals surface area (Å²) in [5.41, 5.74) is -2.52. The number of hydrogen-bond donors (Lipinski definition) is 2. The van der Waals surface area contributed by atoms with Crippen LogP contribution < -0.4 is 40.6 Å². The van der Waals surface area contributed by atoms with Gasteiger partial charge in [0.1, 0.15) is 24.8 Å². The van der Waals surface area contributed by atoms with Crippen LogP contribution in [0.2, 0.25) is 0 Å². The van der Waals surface area contributed by atoms with Crippen LogP contribution in [0.3, 0.4) is 0 Å². The monoisotopic (exact) mass is 923 g/mol. The van der Waals surface area contributed by atoms with Gasteiger partial charge in [0, 0.05) is 29.9 Å². The molecule has 0 fully saturated rings. The van der Waals surface area contributed by atoms with Gasteiger partial charge in [-0.05, 0) is 36.4 Å². The maximum atomic E-state index is 10.2. The fourth-order valence-electron chi connectivity index (χ4n) is 2.47. The molecular weight excluding hydrogens is 899 g/mol. The van der Waals surface area contributed by atoms with Crippen LogP contribution in [0, 0.1) is 29.9 Å². The molecule has 0 bridgehead atoms. The number of carbonyl (C=O) groups excluding carboxylic acids is 6. The summed E-state index contributed by atoms with van der Waals surface area (Å²) < 4.78 is 0. The van der Waals surface area contributed by atoms with E-state index < -0.39 is 70.0 Å². The zero-order valence-corrected chi connectivity index (χ0v) is 28.6. The second kappa shape index (κ2) is 27.7. The molecule has 0 aliphatic heterocycles. The summed E-state index contributed by atoms with van der Waals surface area (Å²) in [5.74, 6) is -9.09. The maximum absolute atomic E-state index is 10.2. The zero-order chi connectivity index (χ0) is 34.5. The number of pyridine rings is 3. The minimum Gasteiger partial charge on any atom is -0.543 e. The average Bonchev–Trinajstić information content (AvgIpc) is 3.82. The molecule has 0 amide bonds. The second-order valence-corrected chi connectivity index (χ2v) is 7.57. The van der Waals surface area contributed by atoms with E-state index in [0.717, 1.165) is 36.4 Å². The number of hydrogen-bond acceptors (Lipinski definition) is 15. The Morgan fingerprint density at radius 3 is 0.740 bits per heavy atom. The van der Waals surface area contributed by atoms with Crippen molar-refractivity contribution in [3.63, 3.8) is 0 Å². The van der Waals surface area contributed by atoms with Gasteiger partial charge < -0.3 is 75.8 Å². The van der Waals surface area contributed by atoms with E-state index in [9.17, 15) is 59.4 Å². The minimum atomic E-state index is -1.52. The molecule has 0 aliphatic carbocycles. The van der Waals surface area contributed by atoms with E-state index in [1.807, 2.05) is 24.8 Å². The second-order valence-electron chi connectivity index (χ2n) is 7.57. The van der Waals surface area contributed by atoms with Crippen molar-refractivity contribution >= 4 is 35.8 Å². The Bertz CT molecular complexity index is 1430. The van der Waals surface area contributed by atoms with Gasteiger partial charge in [0.05, 0.1) is 70.0 Å². The van der Waals surface area contributed by atoms with E-state index in [0.29, 0.717) is 0 Å². The smallest absolute Gasteiger partial charge is 0.239 e. The summed E-state index contributed by atoms with van der Waals surface area (Å²) in [5, 5.41) is 61.1. The largest absolute Gasteiger partial charge is 0.543 e. The van der Waals surface area contributed by atoms with Crippen molar-refractivity contribution in [1.29, 1.82) is 0 Å². The third kappa shape index (κ3) is 20.7. The van der Waals surface area contributed by atoms with Crippen LogP contribution >= 0.6 is 0 Å². The van der Waals surface area contributed by atoms with Crippen molar-refractivity contribution in [3.8, 4) is 0 Å². The first-order valence-corrected chi connectivity index (χ1v) is 12.0. The van der Waals surface area contributed by atoms with Gasteiger partial charge in [-0.3, -0.25) is 19.9 Å². The van der Waals surface area contributed by atoms with Crippen LogP contribution in [0.4, 0.5) is 0 Å². The molecule has 0 aliphatic rings. The molecular formula is C27H25N7NpO15-4. The van der Waals surface area contributed by atoms with Crippen molar-refractivity contribution in [1.82, 2.24) is 24.9 Å². The molecule has 0 unspecified atom stereocenters. The van der Waals surface area contributed by atoms with Crippen molar-refractivity contribution in [2.45, 2.75) is 0 Å². The predicted molar refractivity (Wildman–Crippen MR) is 144 cm³/mol. The molecule has 10 N–H and O–H groups in total. The van der Waals surface area contributed by atoms with Gasteiger partial charge in [-0.2, -0.15) is 0 Å². The molecule has 5 rings (SSSR count). The summed E-state index contributed by atoms with van der Waals surface area (Å²) in [7, 11) is 0. The van der Waals surface area contributed by atoms with Gasteiger partial charge >= 0.3 is 0 Å². The molecule has 0 spiro atoms. The topological polar surface area (TPSA) is 434 Å². The van der Waals surface area contributed by atoms with Crippen LogP contribution in [0.5, 0.6) is 0 Å². The van der Waals surface area contributed by atoms with Crippen LogP contribution in [-0.4, -0.2) is 77.2 Å². The van der Waals surface area contributed by atoms with E-state index in [1.54, 1.807) is 12.7 Å². The number of aromatic carboxylic acids is 6. The molecule has 0 atom stereocenters. The first kappa shape index (κ1) is 50.4. The minimum absolute atomic E-state index is 0. The number of carboxylic acids is 6. The van der Waals surface area contributed by atoms with E-state index >= 15 is 0 Å². The normalized spacial score (nSPS) is 8.32. The Labute approximate surface area is 301 Å². The first-order valence-electron chi connectivity index (χ1n) is 12.0. The summed E-state index contributed by atoms with van der Waals surface area (Å²) in [4.78, 5) is 82.1. The molecule has 22 nitrogen and oxygen atoms in total. The van der Waals surface area contributed by atoms with Crippen LogP contribution in [-0.2, 0) is 0 Å². The fraction of sp³-hybridized carbons (Fsp3) is 0.